The topological polar surface area (TPSA) is 74.2 Å². The standard InChI is InChI=1S/C23H32N4O3S.HI/c1-24-23(26(2)18-20-9-11-21(30-3)12-10-20)25-17-19-13-15-27(16-14-19)31(28,29)22-7-5-4-6-8-22;/h4-12,19H,13-18H2,1-3H3,(H,24,25);1H. The van der Waals surface area contributed by atoms with Gasteiger partial charge in [-0.3, -0.25) is 4.99 Å². The van der Waals surface area contributed by atoms with Crippen LogP contribution in [-0.2, 0) is 16.6 Å². The number of halogens is 1. The number of piperidine rings is 1. The van der Waals surface area contributed by atoms with Gasteiger partial charge in [0, 0.05) is 40.3 Å². The number of hydrogen-bond donors (Lipinski definition) is 1. The van der Waals surface area contributed by atoms with E-state index in [0.717, 1.165) is 37.6 Å². The van der Waals surface area contributed by atoms with Crippen molar-refractivity contribution in [3.63, 3.8) is 0 Å². The molecule has 1 fully saturated rings. The van der Waals surface area contributed by atoms with E-state index in [1.807, 2.05) is 37.4 Å². The molecule has 1 heterocycles. The summed E-state index contributed by atoms with van der Waals surface area (Å²) >= 11 is 0. The van der Waals surface area contributed by atoms with E-state index in [1.165, 1.54) is 5.56 Å². The number of nitrogens with one attached hydrogen (secondary N) is 1. The molecular formula is C23H33IN4O3S. The van der Waals surface area contributed by atoms with Crippen molar-refractivity contribution in [2.45, 2.75) is 24.3 Å². The molecule has 0 saturated carbocycles. The summed E-state index contributed by atoms with van der Waals surface area (Å²) < 4.78 is 32.4. The van der Waals surface area contributed by atoms with Crippen LogP contribution in [0.4, 0.5) is 0 Å². The van der Waals surface area contributed by atoms with Gasteiger partial charge in [-0.2, -0.15) is 4.31 Å². The second-order valence-corrected chi connectivity index (χ2v) is 9.73. The summed E-state index contributed by atoms with van der Waals surface area (Å²) in [6.45, 7) is 2.60. The van der Waals surface area contributed by atoms with Crippen LogP contribution in [0, 0.1) is 5.92 Å². The second-order valence-electron chi connectivity index (χ2n) is 7.79. The van der Waals surface area contributed by atoms with Crippen molar-refractivity contribution < 1.29 is 13.2 Å². The molecule has 32 heavy (non-hydrogen) atoms. The third-order valence-electron chi connectivity index (χ3n) is 5.66. The molecule has 1 aliphatic rings. The first-order valence-corrected chi connectivity index (χ1v) is 12.0. The minimum atomic E-state index is -3.40. The highest BCUT2D eigenvalue weighted by Gasteiger charge is 2.29. The fourth-order valence-electron chi connectivity index (χ4n) is 3.80. The molecule has 0 unspecified atom stereocenters. The Balaban J connectivity index is 0.00000363. The lowest BCUT2D eigenvalue weighted by Crippen LogP contribution is -2.44. The van der Waals surface area contributed by atoms with Gasteiger partial charge < -0.3 is 15.0 Å². The van der Waals surface area contributed by atoms with Crippen LogP contribution in [0.3, 0.4) is 0 Å². The molecule has 3 rings (SSSR count). The molecule has 0 radical (unpaired) electrons. The Hall–Kier alpha value is -1.85. The number of methoxy groups -OCH3 is 1. The Morgan fingerprint density at radius 1 is 1.12 bits per heavy atom. The number of ether oxygens (including phenoxy) is 1. The molecule has 7 nitrogen and oxygen atoms in total. The van der Waals surface area contributed by atoms with Gasteiger partial charge in [0.15, 0.2) is 5.96 Å². The maximum Gasteiger partial charge on any atom is 0.243 e. The summed E-state index contributed by atoms with van der Waals surface area (Å²) in [6, 6.07) is 16.7. The van der Waals surface area contributed by atoms with Gasteiger partial charge in [0.1, 0.15) is 5.75 Å². The molecular weight excluding hydrogens is 539 g/mol. The largest absolute Gasteiger partial charge is 0.497 e. The van der Waals surface area contributed by atoms with E-state index < -0.39 is 10.0 Å². The highest BCUT2D eigenvalue weighted by atomic mass is 127. The van der Waals surface area contributed by atoms with Crippen LogP contribution in [0.1, 0.15) is 18.4 Å². The number of benzene rings is 2. The van der Waals surface area contributed by atoms with Crippen LogP contribution in [-0.4, -0.2) is 64.4 Å². The lowest BCUT2D eigenvalue weighted by Gasteiger charge is -2.32. The SMILES string of the molecule is CN=C(NCC1CCN(S(=O)(=O)c2ccccc2)CC1)N(C)Cc1ccc(OC)cc1.I. The normalized spacial score (nSPS) is 15.7. The van der Waals surface area contributed by atoms with Gasteiger partial charge in [0.25, 0.3) is 0 Å². The number of aliphatic imine (C=N–C) groups is 1. The zero-order valence-corrected chi connectivity index (χ0v) is 22.0. The Morgan fingerprint density at radius 3 is 2.31 bits per heavy atom. The zero-order chi connectivity index (χ0) is 22.3. The average Bonchev–Trinajstić information content (AvgIpc) is 2.81. The maximum atomic E-state index is 12.8. The predicted octanol–water partition coefficient (Wildman–Crippen LogP) is 3.42. The van der Waals surface area contributed by atoms with Crippen LogP contribution < -0.4 is 10.1 Å². The van der Waals surface area contributed by atoms with Crippen LogP contribution in [0.25, 0.3) is 0 Å². The first kappa shape index (κ1) is 26.4. The highest BCUT2D eigenvalue weighted by molar-refractivity contribution is 14.0. The third kappa shape index (κ3) is 6.82. The molecule has 2 aromatic carbocycles. The number of rotatable bonds is 7. The summed E-state index contributed by atoms with van der Waals surface area (Å²) in [5.41, 5.74) is 1.17. The van der Waals surface area contributed by atoms with Crippen molar-refractivity contribution in [2.75, 3.05) is 40.8 Å². The van der Waals surface area contributed by atoms with E-state index in [-0.39, 0.29) is 24.0 Å². The fourth-order valence-corrected chi connectivity index (χ4v) is 5.29. The molecule has 1 saturated heterocycles. The Kier molecular flexibility index (Phi) is 10.2. The molecule has 1 N–H and O–H groups in total. The molecule has 0 amide bonds. The van der Waals surface area contributed by atoms with Crippen molar-refractivity contribution in [1.29, 1.82) is 0 Å². The van der Waals surface area contributed by atoms with E-state index in [1.54, 1.807) is 42.7 Å². The van der Waals surface area contributed by atoms with Gasteiger partial charge in [-0.15, -0.1) is 24.0 Å². The quantitative estimate of drug-likeness (QED) is 0.313. The Bertz CT molecular complexity index is 960. The van der Waals surface area contributed by atoms with E-state index in [4.69, 9.17) is 4.74 Å². The van der Waals surface area contributed by atoms with Crippen LogP contribution >= 0.6 is 24.0 Å². The highest BCUT2D eigenvalue weighted by Crippen LogP contribution is 2.23. The van der Waals surface area contributed by atoms with Gasteiger partial charge in [-0.1, -0.05) is 30.3 Å². The van der Waals surface area contributed by atoms with Crippen LogP contribution in [0.15, 0.2) is 64.5 Å². The Morgan fingerprint density at radius 2 is 1.75 bits per heavy atom. The van der Waals surface area contributed by atoms with E-state index in [9.17, 15) is 8.42 Å². The third-order valence-corrected chi connectivity index (χ3v) is 7.57. The molecule has 176 valence electrons. The molecule has 0 aromatic heterocycles. The van der Waals surface area contributed by atoms with Crippen molar-refractivity contribution in [1.82, 2.24) is 14.5 Å². The van der Waals surface area contributed by atoms with E-state index in [0.29, 0.717) is 23.9 Å². The van der Waals surface area contributed by atoms with Crippen molar-refractivity contribution in [3.8, 4) is 5.75 Å². The first-order chi connectivity index (χ1) is 14.9. The number of nitrogens with zero attached hydrogens (tertiary/aromatic N) is 3. The number of sulfonamides is 1. The van der Waals surface area contributed by atoms with Crippen molar-refractivity contribution in [3.05, 3.63) is 60.2 Å². The molecule has 0 aliphatic carbocycles. The van der Waals surface area contributed by atoms with Gasteiger partial charge in [0.05, 0.1) is 12.0 Å². The van der Waals surface area contributed by atoms with Crippen molar-refractivity contribution in [2.24, 2.45) is 10.9 Å². The lowest BCUT2D eigenvalue weighted by atomic mass is 9.98. The molecule has 0 atom stereocenters. The molecule has 0 bridgehead atoms. The number of guanidine groups is 1. The molecule has 1 aliphatic heterocycles. The smallest absolute Gasteiger partial charge is 0.243 e. The fraction of sp³-hybridized carbons (Fsp3) is 0.435. The maximum absolute atomic E-state index is 12.8. The minimum Gasteiger partial charge on any atom is -0.497 e. The summed E-state index contributed by atoms with van der Waals surface area (Å²) in [6.07, 6.45) is 1.66. The summed E-state index contributed by atoms with van der Waals surface area (Å²) in [5.74, 6) is 2.08. The summed E-state index contributed by atoms with van der Waals surface area (Å²) in [4.78, 5) is 6.84. The summed E-state index contributed by atoms with van der Waals surface area (Å²) in [5, 5.41) is 3.45. The van der Waals surface area contributed by atoms with Crippen LogP contribution in [0.5, 0.6) is 5.75 Å². The van der Waals surface area contributed by atoms with Gasteiger partial charge >= 0.3 is 0 Å². The Labute approximate surface area is 208 Å². The molecule has 2 aromatic rings. The zero-order valence-electron chi connectivity index (χ0n) is 18.9. The lowest BCUT2D eigenvalue weighted by molar-refractivity contribution is 0.272. The van der Waals surface area contributed by atoms with Crippen molar-refractivity contribution >= 4 is 40.0 Å². The first-order valence-electron chi connectivity index (χ1n) is 10.5. The van der Waals surface area contributed by atoms with E-state index >= 15 is 0 Å². The van der Waals surface area contributed by atoms with Gasteiger partial charge in [-0.25, -0.2) is 8.42 Å². The van der Waals surface area contributed by atoms with E-state index in [2.05, 4.69) is 15.2 Å². The van der Waals surface area contributed by atoms with Crippen LogP contribution in [0.2, 0.25) is 0 Å². The average molecular weight is 573 g/mol. The monoisotopic (exact) mass is 572 g/mol. The summed E-state index contributed by atoms with van der Waals surface area (Å²) in [7, 11) is 2.05. The molecule has 0 spiro atoms. The van der Waals surface area contributed by atoms with Gasteiger partial charge in [0.2, 0.25) is 10.0 Å². The predicted molar refractivity (Wildman–Crippen MR) is 139 cm³/mol. The number of hydrogen-bond acceptors (Lipinski definition) is 4. The minimum absolute atomic E-state index is 0. The van der Waals surface area contributed by atoms with Gasteiger partial charge in [-0.05, 0) is 48.6 Å². The second kappa shape index (κ2) is 12.4. The molecule has 9 heteroatoms.